The molecule has 0 bridgehead atoms. The summed E-state index contributed by atoms with van der Waals surface area (Å²) >= 11 is 0. The fourth-order valence-corrected chi connectivity index (χ4v) is 2.58. The lowest BCUT2D eigenvalue weighted by Gasteiger charge is -2.18. The number of anilines is 1. The molecule has 1 aliphatic heterocycles. The monoisotopic (exact) mass is 338 g/mol. The van der Waals surface area contributed by atoms with Crippen LogP contribution in [0, 0.1) is 0 Å². The lowest BCUT2D eigenvalue weighted by atomic mass is 10.2. The quantitative estimate of drug-likeness (QED) is 0.771. The first-order valence-corrected chi connectivity index (χ1v) is 7.73. The Morgan fingerprint density at radius 2 is 1.84 bits per heavy atom. The van der Waals surface area contributed by atoms with Crippen molar-refractivity contribution in [2.24, 2.45) is 0 Å². The van der Waals surface area contributed by atoms with Crippen LogP contribution in [0.5, 0.6) is 11.5 Å². The van der Waals surface area contributed by atoms with Gasteiger partial charge in [0.2, 0.25) is 5.91 Å². The van der Waals surface area contributed by atoms with Crippen molar-refractivity contribution in [3.8, 4) is 11.5 Å². The fourth-order valence-electron chi connectivity index (χ4n) is 2.58. The second kappa shape index (κ2) is 6.23. The highest BCUT2D eigenvalue weighted by Crippen LogP contribution is 2.32. The molecular formula is C17H14N4O4. The van der Waals surface area contributed by atoms with Crippen LogP contribution >= 0.6 is 0 Å². The van der Waals surface area contributed by atoms with Crippen molar-refractivity contribution in [3.05, 3.63) is 52.8 Å². The number of para-hydroxylation sites is 1. The van der Waals surface area contributed by atoms with Gasteiger partial charge in [0, 0.05) is 11.8 Å². The Labute approximate surface area is 142 Å². The molecule has 126 valence electrons. The van der Waals surface area contributed by atoms with Crippen LogP contribution in [0.25, 0.3) is 10.9 Å². The number of hydrogen-bond acceptors (Lipinski definition) is 6. The number of rotatable bonds is 3. The predicted octanol–water partition coefficient (Wildman–Crippen LogP) is 1.20. The maximum atomic E-state index is 12.6. The summed E-state index contributed by atoms with van der Waals surface area (Å²) in [5.41, 5.74) is 0.632. The molecule has 1 N–H and O–H groups in total. The zero-order chi connectivity index (χ0) is 17.2. The Hall–Kier alpha value is -3.42. The number of benzene rings is 2. The molecule has 3 aromatic rings. The molecule has 0 unspecified atom stereocenters. The van der Waals surface area contributed by atoms with E-state index >= 15 is 0 Å². The van der Waals surface area contributed by atoms with Crippen LogP contribution in [0.15, 0.2) is 47.3 Å². The molecule has 0 saturated heterocycles. The third-order valence-corrected chi connectivity index (χ3v) is 3.74. The van der Waals surface area contributed by atoms with E-state index in [9.17, 15) is 9.59 Å². The number of ether oxygens (including phenoxy) is 2. The lowest BCUT2D eigenvalue weighted by Crippen LogP contribution is -2.30. The number of amides is 1. The first-order valence-electron chi connectivity index (χ1n) is 7.73. The minimum atomic E-state index is -0.412. The van der Waals surface area contributed by atoms with E-state index in [0.29, 0.717) is 41.3 Å². The zero-order valence-corrected chi connectivity index (χ0v) is 13.1. The zero-order valence-electron chi connectivity index (χ0n) is 13.1. The Balaban J connectivity index is 1.63. The summed E-state index contributed by atoms with van der Waals surface area (Å²) in [6, 6.07) is 12.2. The lowest BCUT2D eigenvalue weighted by molar-refractivity contribution is -0.117. The van der Waals surface area contributed by atoms with Crippen LogP contribution in [-0.2, 0) is 11.3 Å². The summed E-state index contributed by atoms with van der Waals surface area (Å²) in [6.07, 6.45) is 0. The number of aromatic nitrogens is 3. The second-order valence-electron chi connectivity index (χ2n) is 5.48. The smallest absolute Gasteiger partial charge is 0.278 e. The summed E-state index contributed by atoms with van der Waals surface area (Å²) < 4.78 is 12.0. The largest absolute Gasteiger partial charge is 0.486 e. The Bertz CT molecular complexity index is 1000. The average Bonchev–Trinajstić information content (AvgIpc) is 2.64. The molecule has 2 heterocycles. The van der Waals surface area contributed by atoms with Gasteiger partial charge in [0.1, 0.15) is 25.3 Å². The minimum absolute atomic E-state index is 0.231. The second-order valence-corrected chi connectivity index (χ2v) is 5.48. The molecule has 8 nitrogen and oxygen atoms in total. The molecule has 8 heteroatoms. The van der Waals surface area contributed by atoms with Gasteiger partial charge in [0.15, 0.2) is 11.5 Å². The normalized spacial score (nSPS) is 12.8. The van der Waals surface area contributed by atoms with E-state index < -0.39 is 5.56 Å². The number of nitrogens with zero attached hydrogens (tertiary/aromatic N) is 3. The van der Waals surface area contributed by atoms with Gasteiger partial charge < -0.3 is 14.8 Å². The first-order chi connectivity index (χ1) is 12.2. The van der Waals surface area contributed by atoms with Crippen molar-refractivity contribution in [2.45, 2.75) is 6.54 Å². The molecule has 25 heavy (non-hydrogen) atoms. The number of carbonyl (C=O) groups excluding carboxylic acids is 1. The van der Waals surface area contributed by atoms with Gasteiger partial charge in [0.05, 0.1) is 5.39 Å². The molecule has 0 aliphatic carbocycles. The van der Waals surface area contributed by atoms with Crippen molar-refractivity contribution < 1.29 is 14.3 Å². The molecule has 1 amide bonds. The van der Waals surface area contributed by atoms with Gasteiger partial charge in [-0.1, -0.05) is 23.4 Å². The van der Waals surface area contributed by atoms with Crippen LogP contribution in [0.4, 0.5) is 5.69 Å². The predicted molar refractivity (Wildman–Crippen MR) is 89.9 cm³/mol. The van der Waals surface area contributed by atoms with E-state index in [0.717, 1.165) is 4.68 Å². The van der Waals surface area contributed by atoms with Crippen LogP contribution in [-0.4, -0.2) is 34.1 Å². The van der Waals surface area contributed by atoms with Crippen LogP contribution in [0.1, 0.15) is 0 Å². The van der Waals surface area contributed by atoms with Crippen LogP contribution < -0.4 is 20.3 Å². The van der Waals surface area contributed by atoms with Gasteiger partial charge in [-0.05, 0) is 18.2 Å². The van der Waals surface area contributed by atoms with Crippen molar-refractivity contribution in [2.75, 3.05) is 18.5 Å². The van der Waals surface area contributed by atoms with Crippen molar-refractivity contribution in [3.63, 3.8) is 0 Å². The molecule has 0 atom stereocenters. The molecule has 0 fully saturated rings. The maximum absolute atomic E-state index is 12.6. The number of carbonyl (C=O) groups is 1. The van der Waals surface area contributed by atoms with E-state index in [1.807, 2.05) is 18.2 Å². The van der Waals surface area contributed by atoms with E-state index in [1.165, 1.54) is 0 Å². The van der Waals surface area contributed by atoms with Crippen molar-refractivity contribution in [1.29, 1.82) is 0 Å². The minimum Gasteiger partial charge on any atom is -0.486 e. The molecule has 1 aromatic heterocycles. The summed E-state index contributed by atoms with van der Waals surface area (Å²) in [7, 11) is 0. The number of hydrogen-bond donors (Lipinski definition) is 1. The summed E-state index contributed by atoms with van der Waals surface area (Å²) in [4.78, 5) is 24.7. The van der Waals surface area contributed by atoms with E-state index in [1.54, 1.807) is 24.3 Å². The van der Waals surface area contributed by atoms with Crippen LogP contribution in [0.2, 0.25) is 0 Å². The molecule has 0 radical (unpaired) electrons. The molecular weight excluding hydrogens is 324 g/mol. The van der Waals surface area contributed by atoms with Gasteiger partial charge in [-0.15, -0.1) is 5.10 Å². The Morgan fingerprint density at radius 3 is 2.60 bits per heavy atom. The maximum Gasteiger partial charge on any atom is 0.278 e. The van der Waals surface area contributed by atoms with E-state index in [-0.39, 0.29) is 12.5 Å². The summed E-state index contributed by atoms with van der Waals surface area (Å²) in [6.45, 7) is 0.637. The highest BCUT2D eigenvalue weighted by atomic mass is 16.6. The summed E-state index contributed by atoms with van der Waals surface area (Å²) in [5.74, 6) is 0.663. The highest BCUT2D eigenvalue weighted by Gasteiger charge is 2.17. The van der Waals surface area contributed by atoms with Gasteiger partial charge >= 0.3 is 0 Å². The standard InChI is InChI=1S/C17H14N4O4/c22-16(18-11-4-2-1-3-5-11)10-21-17(23)12-8-14-15(25-7-6-24-14)9-13(12)19-20-21/h1-5,8-9H,6-7,10H2,(H,18,22). The SMILES string of the molecule is O=C(Cn1nnc2cc3c(cc2c1=O)OCCO3)Nc1ccccc1. The van der Waals surface area contributed by atoms with Gasteiger partial charge in [-0.2, -0.15) is 0 Å². The Kier molecular flexibility index (Phi) is 3.77. The van der Waals surface area contributed by atoms with E-state index in [2.05, 4.69) is 15.6 Å². The molecule has 0 spiro atoms. The first kappa shape index (κ1) is 15.1. The third kappa shape index (κ3) is 3.01. The molecule has 0 saturated carbocycles. The van der Waals surface area contributed by atoms with Gasteiger partial charge in [-0.25, -0.2) is 4.68 Å². The topological polar surface area (TPSA) is 95.3 Å². The van der Waals surface area contributed by atoms with Gasteiger partial charge in [-0.3, -0.25) is 9.59 Å². The molecule has 2 aromatic carbocycles. The summed E-state index contributed by atoms with van der Waals surface area (Å²) in [5, 5.41) is 10.9. The third-order valence-electron chi connectivity index (χ3n) is 3.74. The average molecular weight is 338 g/mol. The van der Waals surface area contributed by atoms with Crippen molar-refractivity contribution in [1.82, 2.24) is 15.0 Å². The fraction of sp³-hybridized carbons (Fsp3) is 0.176. The highest BCUT2D eigenvalue weighted by molar-refractivity contribution is 5.90. The van der Waals surface area contributed by atoms with Crippen LogP contribution in [0.3, 0.4) is 0 Å². The van der Waals surface area contributed by atoms with Gasteiger partial charge in [0.25, 0.3) is 5.56 Å². The number of fused-ring (bicyclic) bond motifs is 2. The Morgan fingerprint density at radius 1 is 1.12 bits per heavy atom. The molecule has 4 rings (SSSR count). The van der Waals surface area contributed by atoms with E-state index in [4.69, 9.17) is 9.47 Å². The molecule has 1 aliphatic rings. The number of nitrogens with one attached hydrogen (secondary N) is 1. The van der Waals surface area contributed by atoms with Crippen molar-refractivity contribution >= 4 is 22.5 Å².